The molecule has 0 unspecified atom stereocenters. The van der Waals surface area contributed by atoms with Gasteiger partial charge in [0.2, 0.25) is 0 Å². The summed E-state index contributed by atoms with van der Waals surface area (Å²) in [6.45, 7) is 0.181. The maximum atomic E-state index is 13.1. The molecule has 0 radical (unpaired) electrons. The molecule has 0 spiro atoms. The highest BCUT2D eigenvalue weighted by molar-refractivity contribution is 7.99. The number of hydrogen-bond donors (Lipinski definition) is 1. The lowest BCUT2D eigenvalue weighted by Gasteiger charge is -2.14. The van der Waals surface area contributed by atoms with Crippen molar-refractivity contribution in [3.05, 3.63) is 58.6 Å². The quantitative estimate of drug-likeness (QED) is 0.823. The molecule has 0 saturated carbocycles. The number of benzene rings is 2. The number of halogens is 4. The van der Waals surface area contributed by atoms with E-state index in [1.807, 2.05) is 0 Å². The van der Waals surface area contributed by atoms with Crippen LogP contribution in [0.25, 0.3) is 0 Å². The van der Waals surface area contributed by atoms with Crippen molar-refractivity contribution in [2.24, 2.45) is 0 Å². The Kier molecular flexibility index (Phi) is 5.19. The fourth-order valence-corrected chi connectivity index (χ4v) is 2.85. The lowest BCUT2D eigenvalue weighted by Crippen LogP contribution is -2.14. The van der Waals surface area contributed by atoms with Crippen LogP contribution in [-0.4, -0.2) is 7.05 Å². The summed E-state index contributed by atoms with van der Waals surface area (Å²) in [4.78, 5) is 1.39. The third kappa shape index (κ3) is 4.40. The van der Waals surface area contributed by atoms with Crippen LogP contribution in [0.2, 0.25) is 5.02 Å². The van der Waals surface area contributed by atoms with E-state index in [9.17, 15) is 13.2 Å². The normalized spacial score (nSPS) is 11.7. The first-order chi connectivity index (χ1) is 9.90. The Morgan fingerprint density at radius 3 is 2.24 bits per heavy atom. The summed E-state index contributed by atoms with van der Waals surface area (Å²) in [6, 6.07) is 11.4. The van der Waals surface area contributed by atoms with E-state index in [2.05, 4.69) is 5.32 Å². The zero-order chi connectivity index (χ0) is 15.5. The fourth-order valence-electron chi connectivity index (χ4n) is 1.87. The minimum absolute atomic E-state index is 0.181. The second-order valence-electron chi connectivity index (χ2n) is 4.40. The van der Waals surface area contributed by atoms with E-state index in [1.165, 1.54) is 23.9 Å². The Labute approximate surface area is 130 Å². The van der Waals surface area contributed by atoms with E-state index in [0.717, 1.165) is 4.90 Å². The SMILES string of the molecule is CNCc1ccc(Sc2ccc(Cl)cc2)cc1C(F)(F)F. The van der Waals surface area contributed by atoms with Gasteiger partial charge in [0.15, 0.2) is 0 Å². The standard InChI is InChI=1S/C15H13ClF3NS/c1-20-9-10-2-5-13(8-14(10)15(17,18)19)21-12-6-3-11(16)4-7-12/h2-8,20H,9H2,1H3. The van der Waals surface area contributed by atoms with E-state index < -0.39 is 11.7 Å². The summed E-state index contributed by atoms with van der Waals surface area (Å²) >= 11 is 7.06. The molecule has 6 heteroatoms. The van der Waals surface area contributed by atoms with Crippen molar-refractivity contribution in [3.63, 3.8) is 0 Å². The molecule has 0 aromatic heterocycles. The second kappa shape index (κ2) is 6.73. The zero-order valence-electron chi connectivity index (χ0n) is 11.2. The first-order valence-electron chi connectivity index (χ1n) is 6.18. The van der Waals surface area contributed by atoms with Gasteiger partial charge < -0.3 is 5.32 Å². The van der Waals surface area contributed by atoms with Gasteiger partial charge in [-0.2, -0.15) is 13.2 Å². The molecule has 2 aromatic rings. The lowest BCUT2D eigenvalue weighted by molar-refractivity contribution is -0.138. The van der Waals surface area contributed by atoms with E-state index in [0.29, 0.717) is 9.92 Å². The monoisotopic (exact) mass is 331 g/mol. The van der Waals surface area contributed by atoms with Gasteiger partial charge in [0, 0.05) is 21.4 Å². The van der Waals surface area contributed by atoms with Crippen molar-refractivity contribution in [1.29, 1.82) is 0 Å². The van der Waals surface area contributed by atoms with Gasteiger partial charge in [-0.15, -0.1) is 0 Å². The molecule has 0 atom stereocenters. The van der Waals surface area contributed by atoms with E-state index in [-0.39, 0.29) is 12.1 Å². The highest BCUT2D eigenvalue weighted by Gasteiger charge is 2.33. The molecular formula is C15H13ClF3NS. The van der Waals surface area contributed by atoms with Crippen LogP contribution in [0.4, 0.5) is 13.2 Å². The zero-order valence-corrected chi connectivity index (χ0v) is 12.7. The van der Waals surface area contributed by atoms with Gasteiger partial charge in [-0.05, 0) is 49.0 Å². The van der Waals surface area contributed by atoms with Crippen LogP contribution >= 0.6 is 23.4 Å². The third-order valence-corrected chi connectivity index (χ3v) is 4.05. The molecule has 0 heterocycles. The van der Waals surface area contributed by atoms with Crippen molar-refractivity contribution < 1.29 is 13.2 Å². The van der Waals surface area contributed by atoms with Crippen LogP contribution in [-0.2, 0) is 12.7 Å². The fraction of sp³-hybridized carbons (Fsp3) is 0.200. The van der Waals surface area contributed by atoms with Crippen LogP contribution in [0.1, 0.15) is 11.1 Å². The molecular weight excluding hydrogens is 319 g/mol. The van der Waals surface area contributed by atoms with Crippen LogP contribution in [0.15, 0.2) is 52.3 Å². The summed E-state index contributed by atoms with van der Waals surface area (Å²) < 4.78 is 39.3. The van der Waals surface area contributed by atoms with Crippen LogP contribution in [0.5, 0.6) is 0 Å². The van der Waals surface area contributed by atoms with Crippen LogP contribution in [0.3, 0.4) is 0 Å². The van der Waals surface area contributed by atoms with Gasteiger partial charge in [0.1, 0.15) is 0 Å². The Morgan fingerprint density at radius 2 is 1.67 bits per heavy atom. The highest BCUT2D eigenvalue weighted by atomic mass is 35.5. The molecule has 21 heavy (non-hydrogen) atoms. The molecule has 0 aliphatic heterocycles. The van der Waals surface area contributed by atoms with Crippen LogP contribution in [0, 0.1) is 0 Å². The Balaban J connectivity index is 2.31. The smallest absolute Gasteiger partial charge is 0.316 e. The third-order valence-electron chi connectivity index (χ3n) is 2.80. The number of alkyl halides is 3. The van der Waals surface area contributed by atoms with Gasteiger partial charge in [0.05, 0.1) is 5.56 Å². The second-order valence-corrected chi connectivity index (χ2v) is 5.99. The van der Waals surface area contributed by atoms with Gasteiger partial charge >= 0.3 is 6.18 Å². The van der Waals surface area contributed by atoms with Crippen molar-refractivity contribution >= 4 is 23.4 Å². The van der Waals surface area contributed by atoms with Gasteiger partial charge in [-0.25, -0.2) is 0 Å². The maximum absolute atomic E-state index is 13.1. The minimum atomic E-state index is -4.36. The first kappa shape index (κ1) is 16.2. The lowest BCUT2D eigenvalue weighted by atomic mass is 10.1. The van der Waals surface area contributed by atoms with Gasteiger partial charge in [-0.1, -0.05) is 29.4 Å². The summed E-state index contributed by atoms with van der Waals surface area (Å²) in [5.74, 6) is 0. The predicted molar refractivity (Wildman–Crippen MR) is 79.8 cm³/mol. The number of rotatable bonds is 4. The van der Waals surface area contributed by atoms with Crippen molar-refractivity contribution in [1.82, 2.24) is 5.32 Å². The number of nitrogens with one attached hydrogen (secondary N) is 1. The number of hydrogen-bond acceptors (Lipinski definition) is 2. The molecule has 0 saturated heterocycles. The van der Waals surface area contributed by atoms with Crippen LogP contribution < -0.4 is 5.32 Å². The Hall–Kier alpha value is -1.17. The Morgan fingerprint density at radius 1 is 1.05 bits per heavy atom. The Bertz CT molecular complexity index is 611. The van der Waals surface area contributed by atoms with Crippen molar-refractivity contribution in [2.75, 3.05) is 7.05 Å². The average molecular weight is 332 g/mol. The molecule has 0 fully saturated rings. The van der Waals surface area contributed by atoms with Gasteiger partial charge in [-0.3, -0.25) is 0 Å². The summed E-state index contributed by atoms with van der Waals surface area (Å²) in [5.41, 5.74) is -0.360. The van der Waals surface area contributed by atoms with Crippen molar-refractivity contribution in [2.45, 2.75) is 22.5 Å². The molecule has 2 rings (SSSR count). The van der Waals surface area contributed by atoms with E-state index >= 15 is 0 Å². The summed E-state index contributed by atoms with van der Waals surface area (Å²) in [6.07, 6.45) is -4.36. The van der Waals surface area contributed by atoms with Crippen molar-refractivity contribution in [3.8, 4) is 0 Å². The molecule has 0 aliphatic rings. The van der Waals surface area contributed by atoms with E-state index in [1.54, 1.807) is 37.4 Å². The molecule has 2 aromatic carbocycles. The molecule has 0 bridgehead atoms. The highest BCUT2D eigenvalue weighted by Crippen LogP contribution is 2.36. The topological polar surface area (TPSA) is 12.0 Å². The first-order valence-corrected chi connectivity index (χ1v) is 7.38. The summed E-state index contributed by atoms with van der Waals surface area (Å²) in [7, 11) is 1.62. The molecule has 0 aliphatic carbocycles. The molecule has 0 amide bonds. The predicted octanol–water partition coefficient (Wildman–Crippen LogP) is 5.23. The molecule has 1 nitrogen and oxygen atoms in total. The molecule has 1 N–H and O–H groups in total. The average Bonchev–Trinajstić information content (AvgIpc) is 2.42. The van der Waals surface area contributed by atoms with E-state index in [4.69, 9.17) is 11.6 Å². The summed E-state index contributed by atoms with van der Waals surface area (Å²) in [5, 5.41) is 3.35. The largest absolute Gasteiger partial charge is 0.416 e. The molecule has 112 valence electrons. The minimum Gasteiger partial charge on any atom is -0.316 e. The van der Waals surface area contributed by atoms with Gasteiger partial charge in [0.25, 0.3) is 0 Å². The maximum Gasteiger partial charge on any atom is 0.416 e.